The van der Waals surface area contributed by atoms with Crippen LogP contribution in [-0.4, -0.2) is 33.7 Å². The number of hydrogen-bond acceptors (Lipinski definition) is 6. The molecule has 7 nitrogen and oxygen atoms in total. The summed E-state index contributed by atoms with van der Waals surface area (Å²) in [5.74, 6) is -1.27. The quantitative estimate of drug-likeness (QED) is 0.723. The summed E-state index contributed by atoms with van der Waals surface area (Å²) in [6.45, 7) is 2.07. The van der Waals surface area contributed by atoms with Gasteiger partial charge < -0.3 is 10.4 Å². The lowest BCUT2D eigenvalue weighted by Crippen LogP contribution is -2.21. The molecule has 8 heteroatoms. The van der Waals surface area contributed by atoms with Crippen molar-refractivity contribution in [3.05, 3.63) is 34.8 Å². The average Bonchev–Trinajstić information content (AvgIpc) is 2.93. The lowest BCUT2D eigenvalue weighted by Gasteiger charge is -2.06. The fraction of sp³-hybridized carbons (Fsp3) is 0.286. The van der Waals surface area contributed by atoms with Crippen molar-refractivity contribution in [2.24, 2.45) is 0 Å². The first kappa shape index (κ1) is 15.9. The van der Waals surface area contributed by atoms with Crippen LogP contribution in [0.2, 0.25) is 0 Å². The highest BCUT2D eigenvalue weighted by molar-refractivity contribution is 7.15. The Labute approximate surface area is 131 Å². The molecule has 0 unspecified atom stereocenters. The van der Waals surface area contributed by atoms with Gasteiger partial charge in [0.1, 0.15) is 5.01 Å². The van der Waals surface area contributed by atoms with Gasteiger partial charge in [-0.25, -0.2) is 4.79 Å². The summed E-state index contributed by atoms with van der Waals surface area (Å²) in [7, 11) is 0. The average molecular weight is 320 g/mol. The molecule has 0 spiro atoms. The molecule has 0 saturated carbocycles. The van der Waals surface area contributed by atoms with E-state index in [4.69, 9.17) is 5.11 Å². The van der Waals surface area contributed by atoms with Crippen LogP contribution in [0.25, 0.3) is 0 Å². The van der Waals surface area contributed by atoms with Gasteiger partial charge in [0.05, 0.1) is 12.1 Å². The molecule has 116 valence electrons. The van der Waals surface area contributed by atoms with Gasteiger partial charge in [0.25, 0.3) is 0 Å². The van der Waals surface area contributed by atoms with Crippen molar-refractivity contribution in [1.29, 1.82) is 0 Å². The lowest BCUT2D eigenvalue weighted by atomic mass is 10.2. The zero-order chi connectivity index (χ0) is 15.9. The lowest BCUT2D eigenvalue weighted by molar-refractivity contribution is -0.114. The Hall–Kier alpha value is -2.48. The molecule has 1 aromatic heterocycles. The minimum Gasteiger partial charge on any atom is -0.478 e. The van der Waals surface area contributed by atoms with Crippen LogP contribution in [0.3, 0.4) is 0 Å². The minimum absolute atomic E-state index is 0.0196. The van der Waals surface area contributed by atoms with Crippen LogP contribution in [0.4, 0.5) is 10.8 Å². The van der Waals surface area contributed by atoms with E-state index in [-0.39, 0.29) is 18.0 Å². The molecule has 0 saturated heterocycles. The zero-order valence-corrected chi connectivity index (χ0v) is 12.8. The van der Waals surface area contributed by atoms with Gasteiger partial charge in [-0.1, -0.05) is 24.3 Å². The van der Waals surface area contributed by atoms with Crippen LogP contribution in [0.5, 0.6) is 0 Å². The number of carbonyl (C=O) groups is 2. The highest BCUT2D eigenvalue weighted by Crippen LogP contribution is 2.16. The van der Waals surface area contributed by atoms with Gasteiger partial charge in [0.15, 0.2) is 0 Å². The number of nitrogens with one attached hydrogen (secondary N) is 2. The van der Waals surface area contributed by atoms with Crippen LogP contribution >= 0.6 is 11.3 Å². The molecule has 0 aliphatic heterocycles. The van der Waals surface area contributed by atoms with Crippen LogP contribution < -0.4 is 10.6 Å². The Kier molecular flexibility index (Phi) is 5.42. The summed E-state index contributed by atoms with van der Waals surface area (Å²) in [5.41, 5.74) is 0.734. The molecular weight excluding hydrogens is 304 g/mol. The maximum atomic E-state index is 11.8. The summed E-state index contributed by atoms with van der Waals surface area (Å²) < 4.78 is 0. The standard InChI is InChI=1S/C14H16N4O3S/c1-2-4-12-17-18-14(22-12)16-11(19)8-15-10-6-3-5-9(7-10)13(20)21/h3,5-7,15H,2,4,8H2,1H3,(H,20,21)(H,16,18,19). The van der Waals surface area contributed by atoms with Crippen molar-refractivity contribution >= 4 is 34.0 Å². The van der Waals surface area contributed by atoms with Crippen LogP contribution in [0.15, 0.2) is 24.3 Å². The van der Waals surface area contributed by atoms with Gasteiger partial charge in [-0.15, -0.1) is 10.2 Å². The van der Waals surface area contributed by atoms with Crippen LogP contribution in [-0.2, 0) is 11.2 Å². The van der Waals surface area contributed by atoms with Gasteiger partial charge >= 0.3 is 5.97 Å². The number of aromatic carboxylic acids is 1. The molecule has 0 atom stereocenters. The third kappa shape index (κ3) is 4.52. The van der Waals surface area contributed by atoms with E-state index >= 15 is 0 Å². The Morgan fingerprint density at radius 1 is 1.32 bits per heavy atom. The summed E-state index contributed by atoms with van der Waals surface area (Å²) in [4.78, 5) is 22.7. The van der Waals surface area contributed by atoms with E-state index in [1.165, 1.54) is 23.5 Å². The SMILES string of the molecule is CCCc1nnc(NC(=O)CNc2cccc(C(=O)O)c2)s1. The summed E-state index contributed by atoms with van der Waals surface area (Å²) >= 11 is 1.35. The Morgan fingerprint density at radius 3 is 2.86 bits per heavy atom. The maximum Gasteiger partial charge on any atom is 0.335 e. The third-order valence-corrected chi connectivity index (χ3v) is 3.64. The van der Waals surface area contributed by atoms with E-state index in [9.17, 15) is 9.59 Å². The predicted octanol–water partition coefficient (Wildman–Crippen LogP) is 2.24. The molecule has 0 bridgehead atoms. The summed E-state index contributed by atoms with van der Waals surface area (Å²) in [6.07, 6.45) is 1.82. The van der Waals surface area contributed by atoms with E-state index in [0.29, 0.717) is 10.8 Å². The van der Waals surface area contributed by atoms with Crippen LogP contribution in [0.1, 0.15) is 28.7 Å². The van der Waals surface area contributed by atoms with E-state index in [1.54, 1.807) is 12.1 Å². The first-order valence-electron chi connectivity index (χ1n) is 6.78. The summed E-state index contributed by atoms with van der Waals surface area (Å²) in [5, 5.41) is 23.7. The number of rotatable bonds is 7. The molecule has 0 aliphatic carbocycles. The van der Waals surface area contributed by atoms with Gasteiger partial charge in [-0.05, 0) is 24.6 Å². The monoisotopic (exact) mass is 320 g/mol. The number of amides is 1. The Balaban J connectivity index is 1.87. The third-order valence-electron chi connectivity index (χ3n) is 2.74. The predicted molar refractivity (Wildman–Crippen MR) is 84.4 cm³/mol. The Bertz CT molecular complexity index is 672. The highest BCUT2D eigenvalue weighted by atomic mass is 32.1. The number of aryl methyl sites for hydroxylation is 1. The highest BCUT2D eigenvalue weighted by Gasteiger charge is 2.08. The molecule has 0 radical (unpaired) electrons. The first-order valence-corrected chi connectivity index (χ1v) is 7.59. The number of carbonyl (C=O) groups excluding carboxylic acids is 1. The molecule has 1 aromatic carbocycles. The van der Waals surface area contributed by atoms with Crippen molar-refractivity contribution in [3.63, 3.8) is 0 Å². The molecular formula is C14H16N4O3S. The second kappa shape index (κ2) is 7.51. The van der Waals surface area contributed by atoms with Crippen molar-refractivity contribution in [1.82, 2.24) is 10.2 Å². The molecule has 3 N–H and O–H groups in total. The van der Waals surface area contributed by atoms with Gasteiger partial charge in [-0.2, -0.15) is 0 Å². The van der Waals surface area contributed by atoms with Gasteiger partial charge in [0.2, 0.25) is 11.0 Å². The van der Waals surface area contributed by atoms with Gasteiger partial charge in [-0.3, -0.25) is 10.1 Å². The number of hydrogen-bond donors (Lipinski definition) is 3. The molecule has 1 heterocycles. The van der Waals surface area contributed by atoms with Crippen molar-refractivity contribution in [3.8, 4) is 0 Å². The smallest absolute Gasteiger partial charge is 0.335 e. The fourth-order valence-corrected chi connectivity index (χ4v) is 2.58. The van der Waals surface area contributed by atoms with Crippen molar-refractivity contribution < 1.29 is 14.7 Å². The van der Waals surface area contributed by atoms with Crippen LogP contribution in [0, 0.1) is 0 Å². The zero-order valence-electron chi connectivity index (χ0n) is 12.0. The van der Waals surface area contributed by atoms with Crippen molar-refractivity contribution in [2.75, 3.05) is 17.2 Å². The second-order valence-electron chi connectivity index (χ2n) is 4.54. The molecule has 2 rings (SSSR count). The van der Waals surface area contributed by atoms with Crippen molar-refractivity contribution in [2.45, 2.75) is 19.8 Å². The molecule has 1 amide bonds. The number of aromatic nitrogens is 2. The second-order valence-corrected chi connectivity index (χ2v) is 5.60. The number of nitrogens with zero attached hydrogens (tertiary/aromatic N) is 2. The largest absolute Gasteiger partial charge is 0.478 e. The Morgan fingerprint density at radius 2 is 2.14 bits per heavy atom. The topological polar surface area (TPSA) is 104 Å². The number of carboxylic acids is 1. The number of anilines is 2. The molecule has 2 aromatic rings. The first-order chi connectivity index (χ1) is 10.6. The van der Waals surface area contributed by atoms with Gasteiger partial charge in [0, 0.05) is 12.1 Å². The van der Waals surface area contributed by atoms with E-state index < -0.39 is 5.97 Å². The molecule has 0 fully saturated rings. The van der Waals surface area contributed by atoms with E-state index in [1.807, 2.05) is 0 Å². The fourth-order valence-electron chi connectivity index (χ4n) is 1.73. The number of benzene rings is 1. The molecule has 22 heavy (non-hydrogen) atoms. The normalized spacial score (nSPS) is 10.2. The summed E-state index contributed by atoms with van der Waals surface area (Å²) in [6, 6.07) is 6.28. The van der Waals surface area contributed by atoms with E-state index in [0.717, 1.165) is 17.8 Å². The van der Waals surface area contributed by atoms with E-state index in [2.05, 4.69) is 27.8 Å². The molecule has 0 aliphatic rings. The maximum absolute atomic E-state index is 11.8. The minimum atomic E-state index is -1.01. The number of carboxylic acid groups (broad SMARTS) is 1.